The first kappa shape index (κ1) is 31.4. The summed E-state index contributed by atoms with van der Waals surface area (Å²) in [4.78, 5) is 17.5. The van der Waals surface area contributed by atoms with Crippen LogP contribution in [0.2, 0.25) is 0 Å². The summed E-state index contributed by atoms with van der Waals surface area (Å²) in [7, 11) is 0. The lowest BCUT2D eigenvalue weighted by atomic mass is 9.73. The number of para-hydroxylation sites is 3. The fraction of sp³-hybridized carbons (Fsp3) is 0.130. The quantitative estimate of drug-likeness (QED) is 0.185. The Balaban J connectivity index is 1.17. The van der Waals surface area contributed by atoms with Gasteiger partial charge in [0.15, 0.2) is 17.5 Å². The van der Waals surface area contributed by atoms with Crippen molar-refractivity contribution in [3.8, 4) is 51.7 Å². The Kier molecular flexibility index (Phi) is 7.10. The first-order chi connectivity index (χ1) is 25.2. The molecule has 0 N–H and O–H groups in total. The number of hydrogen-bond acceptors (Lipinski definition) is 6. The minimum absolute atomic E-state index is 0.129. The van der Waals surface area contributed by atoms with Crippen molar-refractivity contribution in [2.24, 2.45) is 0 Å². The Hall–Kier alpha value is -6.58. The second kappa shape index (κ2) is 11.8. The van der Waals surface area contributed by atoms with E-state index in [2.05, 4.69) is 118 Å². The van der Waals surface area contributed by atoms with Gasteiger partial charge in [0.1, 0.15) is 11.5 Å². The molecule has 0 aliphatic carbocycles. The summed E-state index contributed by atoms with van der Waals surface area (Å²) in [5, 5.41) is 9.60. The average molecular weight is 674 g/mol. The van der Waals surface area contributed by atoms with Crippen molar-refractivity contribution in [3.05, 3.63) is 167 Å². The molecule has 6 nitrogen and oxygen atoms in total. The predicted octanol–water partition coefficient (Wildman–Crippen LogP) is 11.3. The van der Waals surface area contributed by atoms with E-state index < -0.39 is 5.41 Å². The van der Waals surface area contributed by atoms with Crippen molar-refractivity contribution in [1.82, 2.24) is 15.0 Å². The van der Waals surface area contributed by atoms with Crippen LogP contribution in [0.25, 0.3) is 34.2 Å². The number of nitriles is 1. The predicted molar refractivity (Wildman–Crippen MR) is 206 cm³/mol. The van der Waals surface area contributed by atoms with Gasteiger partial charge in [0.25, 0.3) is 0 Å². The number of rotatable bonds is 4. The molecule has 2 aliphatic rings. The van der Waals surface area contributed by atoms with Crippen LogP contribution in [0.3, 0.4) is 0 Å². The molecule has 0 saturated carbocycles. The van der Waals surface area contributed by atoms with Gasteiger partial charge in [-0.05, 0) is 71.8 Å². The van der Waals surface area contributed by atoms with E-state index in [-0.39, 0.29) is 5.41 Å². The highest BCUT2D eigenvalue weighted by atomic mass is 16.5. The largest absolute Gasteiger partial charge is 0.456 e. The highest BCUT2D eigenvalue weighted by Gasteiger charge is 2.38. The second-order valence-corrected chi connectivity index (χ2v) is 14.4. The van der Waals surface area contributed by atoms with Crippen molar-refractivity contribution < 1.29 is 4.74 Å². The molecule has 0 fully saturated rings. The van der Waals surface area contributed by atoms with E-state index in [1.807, 2.05) is 54.6 Å². The highest BCUT2D eigenvalue weighted by Crippen LogP contribution is 2.53. The first-order valence-electron chi connectivity index (χ1n) is 17.5. The summed E-state index contributed by atoms with van der Waals surface area (Å²) in [6.45, 7) is 8.92. The maximum absolute atomic E-state index is 9.60. The molecule has 0 radical (unpaired) electrons. The van der Waals surface area contributed by atoms with Gasteiger partial charge in [0.2, 0.25) is 0 Å². The van der Waals surface area contributed by atoms with E-state index in [4.69, 9.17) is 19.7 Å². The third-order valence-electron chi connectivity index (χ3n) is 10.6. The number of aromatic nitrogens is 3. The van der Waals surface area contributed by atoms with E-state index in [1.54, 1.807) is 6.07 Å². The van der Waals surface area contributed by atoms with Crippen molar-refractivity contribution in [3.63, 3.8) is 0 Å². The Morgan fingerprint density at radius 2 is 1.10 bits per heavy atom. The van der Waals surface area contributed by atoms with E-state index >= 15 is 0 Å². The summed E-state index contributed by atoms with van der Waals surface area (Å²) < 4.78 is 6.63. The third kappa shape index (κ3) is 4.89. The van der Waals surface area contributed by atoms with Gasteiger partial charge < -0.3 is 9.64 Å². The van der Waals surface area contributed by atoms with Crippen LogP contribution in [0.4, 0.5) is 17.1 Å². The van der Waals surface area contributed by atoms with Gasteiger partial charge in [-0.2, -0.15) is 5.26 Å². The molecule has 7 aromatic rings. The molecule has 0 unspecified atom stereocenters. The molecule has 0 amide bonds. The molecule has 0 saturated heterocycles. The van der Waals surface area contributed by atoms with Crippen molar-refractivity contribution in [1.29, 1.82) is 5.26 Å². The number of anilines is 3. The van der Waals surface area contributed by atoms with Gasteiger partial charge in [-0.3, -0.25) is 0 Å². The molecule has 0 spiro atoms. The van der Waals surface area contributed by atoms with Gasteiger partial charge in [-0.15, -0.1) is 0 Å². The van der Waals surface area contributed by atoms with E-state index in [1.165, 1.54) is 22.5 Å². The smallest absolute Gasteiger partial charge is 0.167 e. The van der Waals surface area contributed by atoms with Gasteiger partial charge in [-0.1, -0.05) is 107 Å². The molecular formula is C46H35N5O. The lowest BCUT2D eigenvalue weighted by Crippen LogP contribution is -2.30. The SMILES string of the molecule is CC1(C)c2ccccc2N(c2ccc(-c3nc(-c4ccccc4)nc(-c4cccc5c4Oc4ccc(C#N)cc4C5(C)C)n3)cc2)c2ccccc21. The summed E-state index contributed by atoms with van der Waals surface area (Å²) in [6.07, 6.45) is 0. The van der Waals surface area contributed by atoms with Crippen LogP contribution in [0.5, 0.6) is 11.5 Å². The van der Waals surface area contributed by atoms with Crippen LogP contribution < -0.4 is 9.64 Å². The summed E-state index contributed by atoms with van der Waals surface area (Å²) in [6, 6.07) is 49.8. The topological polar surface area (TPSA) is 74.9 Å². The van der Waals surface area contributed by atoms with Crippen molar-refractivity contribution in [2.75, 3.05) is 4.90 Å². The summed E-state index contributed by atoms with van der Waals surface area (Å²) >= 11 is 0. The molecule has 1 aromatic heterocycles. The Morgan fingerprint density at radius 3 is 1.75 bits per heavy atom. The van der Waals surface area contributed by atoms with E-state index in [0.717, 1.165) is 39.3 Å². The molecule has 3 heterocycles. The van der Waals surface area contributed by atoms with Crippen LogP contribution in [0, 0.1) is 11.3 Å². The highest BCUT2D eigenvalue weighted by molar-refractivity contribution is 5.86. The van der Waals surface area contributed by atoms with E-state index in [0.29, 0.717) is 28.8 Å². The minimum atomic E-state index is -0.416. The first-order valence-corrected chi connectivity index (χ1v) is 17.5. The van der Waals surface area contributed by atoms with E-state index in [9.17, 15) is 5.26 Å². The third-order valence-corrected chi connectivity index (χ3v) is 10.6. The van der Waals surface area contributed by atoms with Gasteiger partial charge in [0, 0.05) is 38.8 Å². The van der Waals surface area contributed by atoms with Crippen LogP contribution >= 0.6 is 0 Å². The zero-order valence-corrected chi connectivity index (χ0v) is 29.4. The van der Waals surface area contributed by atoms with Gasteiger partial charge in [-0.25, -0.2) is 15.0 Å². The molecule has 6 heteroatoms. The second-order valence-electron chi connectivity index (χ2n) is 14.4. The number of ether oxygens (including phenoxy) is 1. The molecule has 250 valence electrons. The van der Waals surface area contributed by atoms with Crippen LogP contribution in [-0.4, -0.2) is 15.0 Å². The standard InChI is InChI=1S/C46H35N5O/c1-45(2)34-16-8-10-19-38(34)51(39-20-11-9-17-35(39)45)32-24-22-31(23-25-32)43-48-42(30-13-6-5-7-14-30)49-44(50-43)33-15-12-18-36-41(33)52-40-26-21-29(28-47)27-37(40)46(36,3)4/h5-27H,1-4H3. The van der Waals surface area contributed by atoms with Crippen molar-refractivity contribution in [2.45, 2.75) is 38.5 Å². The van der Waals surface area contributed by atoms with Crippen LogP contribution in [0.1, 0.15) is 55.5 Å². The van der Waals surface area contributed by atoms with Gasteiger partial charge >= 0.3 is 0 Å². The van der Waals surface area contributed by atoms with Crippen molar-refractivity contribution >= 4 is 17.1 Å². The Labute approximate surface area is 303 Å². The Morgan fingerprint density at radius 1 is 0.538 bits per heavy atom. The molecule has 2 aliphatic heterocycles. The lowest BCUT2D eigenvalue weighted by Gasteiger charge is -2.42. The number of benzene rings is 6. The zero-order chi connectivity index (χ0) is 35.6. The molecule has 9 rings (SSSR count). The molecule has 52 heavy (non-hydrogen) atoms. The number of hydrogen-bond donors (Lipinski definition) is 0. The fourth-order valence-corrected chi connectivity index (χ4v) is 7.80. The number of nitrogens with zero attached hydrogens (tertiary/aromatic N) is 5. The zero-order valence-electron chi connectivity index (χ0n) is 29.4. The fourth-order valence-electron chi connectivity index (χ4n) is 7.80. The van der Waals surface area contributed by atoms with Crippen LogP contribution in [0.15, 0.2) is 140 Å². The number of fused-ring (bicyclic) bond motifs is 4. The lowest BCUT2D eigenvalue weighted by molar-refractivity contribution is 0.419. The normalized spacial score (nSPS) is 14.6. The Bertz CT molecular complexity index is 2520. The maximum Gasteiger partial charge on any atom is 0.167 e. The van der Waals surface area contributed by atoms with Gasteiger partial charge in [0.05, 0.1) is 28.6 Å². The molecular weight excluding hydrogens is 639 g/mol. The molecule has 0 bridgehead atoms. The average Bonchev–Trinajstić information content (AvgIpc) is 3.18. The maximum atomic E-state index is 9.60. The molecule has 6 aromatic carbocycles. The molecule has 0 atom stereocenters. The monoisotopic (exact) mass is 673 g/mol. The summed E-state index contributed by atoms with van der Waals surface area (Å²) in [5.41, 5.74) is 10.6. The summed E-state index contributed by atoms with van der Waals surface area (Å²) in [5.74, 6) is 3.11. The minimum Gasteiger partial charge on any atom is -0.456 e. The van der Waals surface area contributed by atoms with Crippen LogP contribution in [-0.2, 0) is 10.8 Å².